The molecule has 0 saturated carbocycles. The molecular formula is C14H15F6NO. The van der Waals surface area contributed by atoms with Gasteiger partial charge in [-0.2, -0.15) is 26.3 Å². The van der Waals surface area contributed by atoms with Gasteiger partial charge in [-0.05, 0) is 25.5 Å². The van der Waals surface area contributed by atoms with Crippen molar-refractivity contribution in [3.63, 3.8) is 0 Å². The lowest BCUT2D eigenvalue weighted by Crippen LogP contribution is -2.39. The fourth-order valence-electron chi connectivity index (χ4n) is 2.30. The summed E-state index contributed by atoms with van der Waals surface area (Å²) < 4.78 is 82.6. The van der Waals surface area contributed by atoms with Gasteiger partial charge in [-0.25, -0.2) is 0 Å². The van der Waals surface area contributed by atoms with Gasteiger partial charge in [-0.15, -0.1) is 0 Å². The maximum atomic E-state index is 13.0. The van der Waals surface area contributed by atoms with Gasteiger partial charge in [0.15, 0.2) is 0 Å². The fraction of sp³-hybridized carbons (Fsp3) is 0.571. The molecule has 22 heavy (non-hydrogen) atoms. The second kappa shape index (κ2) is 5.64. The third kappa shape index (κ3) is 3.31. The molecule has 1 aromatic carbocycles. The summed E-state index contributed by atoms with van der Waals surface area (Å²) in [5.41, 5.74) is -2.77. The predicted molar refractivity (Wildman–Crippen MR) is 67.2 cm³/mol. The molecule has 0 amide bonds. The van der Waals surface area contributed by atoms with Crippen molar-refractivity contribution in [3.05, 3.63) is 28.8 Å². The molecule has 0 aliphatic carbocycles. The van der Waals surface area contributed by atoms with Crippen molar-refractivity contribution in [3.8, 4) is 5.75 Å². The molecule has 1 aliphatic heterocycles. The Kier molecular flexibility index (Phi) is 4.34. The number of benzene rings is 1. The maximum Gasteiger partial charge on any atom is 0.419 e. The van der Waals surface area contributed by atoms with E-state index >= 15 is 0 Å². The van der Waals surface area contributed by atoms with E-state index in [4.69, 9.17) is 4.74 Å². The zero-order chi connectivity index (χ0) is 16.7. The molecular weight excluding hydrogens is 312 g/mol. The Hall–Kier alpha value is -1.44. The van der Waals surface area contributed by atoms with Crippen molar-refractivity contribution < 1.29 is 31.1 Å². The van der Waals surface area contributed by atoms with Crippen molar-refractivity contribution >= 4 is 0 Å². The molecule has 1 unspecified atom stereocenters. The van der Waals surface area contributed by atoms with E-state index in [0.29, 0.717) is 6.42 Å². The molecule has 1 atom stereocenters. The largest absolute Gasteiger partial charge is 0.477 e. The highest BCUT2D eigenvalue weighted by atomic mass is 19.4. The lowest BCUT2D eigenvalue weighted by Gasteiger charge is -2.34. The first kappa shape index (κ1) is 16.9. The van der Waals surface area contributed by atoms with Gasteiger partial charge < -0.3 is 4.74 Å². The molecule has 2 nitrogen and oxygen atoms in total. The van der Waals surface area contributed by atoms with E-state index < -0.39 is 29.2 Å². The minimum Gasteiger partial charge on any atom is -0.477 e. The van der Waals surface area contributed by atoms with Crippen LogP contribution in [-0.4, -0.2) is 17.7 Å². The van der Waals surface area contributed by atoms with Gasteiger partial charge in [-0.3, -0.25) is 4.90 Å². The zero-order valence-corrected chi connectivity index (χ0v) is 12.0. The summed E-state index contributed by atoms with van der Waals surface area (Å²) in [4.78, 5) is 1.70. The van der Waals surface area contributed by atoms with E-state index in [0.717, 1.165) is 6.07 Å². The molecule has 0 N–H and O–H groups in total. The van der Waals surface area contributed by atoms with E-state index in [-0.39, 0.29) is 30.9 Å². The Morgan fingerprint density at radius 2 is 1.77 bits per heavy atom. The van der Waals surface area contributed by atoms with Crippen LogP contribution in [0.25, 0.3) is 0 Å². The highest BCUT2D eigenvalue weighted by Gasteiger charge is 2.41. The van der Waals surface area contributed by atoms with Crippen LogP contribution < -0.4 is 4.74 Å². The topological polar surface area (TPSA) is 12.5 Å². The van der Waals surface area contributed by atoms with Crippen molar-refractivity contribution in [1.29, 1.82) is 0 Å². The quantitative estimate of drug-likeness (QED) is 0.732. The summed E-state index contributed by atoms with van der Waals surface area (Å²) in [5.74, 6) is -0.500. The van der Waals surface area contributed by atoms with Crippen LogP contribution in [0.4, 0.5) is 26.3 Å². The monoisotopic (exact) mass is 327 g/mol. The lowest BCUT2D eigenvalue weighted by molar-refractivity contribution is -0.144. The number of hydrogen-bond acceptors (Lipinski definition) is 2. The molecule has 0 bridgehead atoms. The Morgan fingerprint density at radius 3 is 2.27 bits per heavy atom. The fourth-order valence-corrected chi connectivity index (χ4v) is 2.30. The highest BCUT2D eigenvalue weighted by molar-refractivity contribution is 5.48. The number of rotatable bonds is 2. The summed E-state index contributed by atoms with van der Waals surface area (Å²) in [5, 5.41) is 0. The van der Waals surface area contributed by atoms with E-state index in [9.17, 15) is 26.3 Å². The average Bonchev–Trinajstić information content (AvgIpc) is 2.42. The van der Waals surface area contributed by atoms with Crippen LogP contribution in [0.1, 0.15) is 37.0 Å². The number of ether oxygens (including phenoxy) is 1. The molecule has 1 aromatic rings. The summed E-state index contributed by atoms with van der Waals surface area (Å²) in [7, 11) is 0. The second-order valence-corrected chi connectivity index (χ2v) is 5.29. The minimum absolute atomic E-state index is 0.00264. The van der Waals surface area contributed by atoms with Crippen molar-refractivity contribution in [2.24, 2.45) is 0 Å². The van der Waals surface area contributed by atoms with E-state index in [1.807, 2.05) is 13.8 Å². The molecule has 0 aromatic heterocycles. The smallest absolute Gasteiger partial charge is 0.419 e. The standard InChI is InChI=1S/C14H15F6NO/c1-3-8(2)21-6-9-4-10(13(15,16)17)5-11(14(18,19)20)12(9)22-7-21/h4-5,8H,3,6-7H2,1-2H3. The number of nitrogens with zero attached hydrogens (tertiary/aromatic N) is 1. The normalized spacial score (nSPS) is 17.8. The van der Waals surface area contributed by atoms with Crippen LogP contribution in [0.5, 0.6) is 5.75 Å². The van der Waals surface area contributed by atoms with Crippen molar-refractivity contribution in [2.45, 2.75) is 45.2 Å². The van der Waals surface area contributed by atoms with Crippen LogP contribution in [0, 0.1) is 0 Å². The van der Waals surface area contributed by atoms with Gasteiger partial charge in [0.25, 0.3) is 0 Å². The van der Waals surface area contributed by atoms with E-state index in [1.54, 1.807) is 4.90 Å². The van der Waals surface area contributed by atoms with Crippen molar-refractivity contribution in [2.75, 3.05) is 6.73 Å². The number of hydrogen-bond donors (Lipinski definition) is 0. The molecule has 2 rings (SSSR count). The Bertz CT molecular complexity index is 551. The lowest BCUT2D eigenvalue weighted by atomic mass is 10.0. The summed E-state index contributed by atoms with van der Waals surface area (Å²) >= 11 is 0. The summed E-state index contributed by atoms with van der Waals surface area (Å²) in [6.45, 7) is 3.65. The Labute approximate surface area is 123 Å². The SMILES string of the molecule is CCC(C)N1COc2c(cc(C(F)(F)F)cc2C(F)(F)F)C1. The first-order valence-electron chi connectivity index (χ1n) is 6.72. The molecule has 8 heteroatoms. The molecule has 1 aliphatic rings. The number of alkyl halides is 6. The van der Waals surface area contributed by atoms with Crippen LogP contribution in [-0.2, 0) is 18.9 Å². The van der Waals surface area contributed by atoms with E-state index in [1.165, 1.54) is 0 Å². The van der Waals surface area contributed by atoms with Gasteiger partial charge in [0.2, 0.25) is 0 Å². The average molecular weight is 327 g/mol. The Balaban J connectivity index is 2.52. The first-order chi connectivity index (χ1) is 10.0. The molecule has 0 fully saturated rings. The molecule has 0 spiro atoms. The van der Waals surface area contributed by atoms with Crippen LogP contribution >= 0.6 is 0 Å². The predicted octanol–water partition coefficient (Wildman–Crippen LogP) is 4.67. The molecule has 0 saturated heterocycles. The number of halogens is 6. The van der Waals surface area contributed by atoms with Crippen molar-refractivity contribution in [1.82, 2.24) is 4.90 Å². The number of fused-ring (bicyclic) bond motifs is 1. The highest BCUT2D eigenvalue weighted by Crippen LogP contribution is 2.44. The molecule has 1 heterocycles. The second-order valence-electron chi connectivity index (χ2n) is 5.29. The van der Waals surface area contributed by atoms with Gasteiger partial charge in [-0.1, -0.05) is 6.92 Å². The zero-order valence-electron chi connectivity index (χ0n) is 12.0. The first-order valence-corrected chi connectivity index (χ1v) is 6.72. The van der Waals surface area contributed by atoms with Gasteiger partial charge in [0.1, 0.15) is 12.5 Å². The minimum atomic E-state index is -4.90. The third-order valence-electron chi connectivity index (χ3n) is 3.76. The van der Waals surface area contributed by atoms with Gasteiger partial charge in [0, 0.05) is 18.2 Å². The molecule has 0 radical (unpaired) electrons. The Morgan fingerprint density at radius 1 is 1.14 bits per heavy atom. The van der Waals surface area contributed by atoms with E-state index in [2.05, 4.69) is 0 Å². The van der Waals surface area contributed by atoms with Crippen LogP contribution in [0.15, 0.2) is 12.1 Å². The maximum absolute atomic E-state index is 13.0. The van der Waals surface area contributed by atoms with Gasteiger partial charge in [0.05, 0.1) is 11.1 Å². The summed E-state index contributed by atoms with van der Waals surface area (Å²) in [6.07, 6.45) is -9.03. The third-order valence-corrected chi connectivity index (χ3v) is 3.76. The van der Waals surface area contributed by atoms with Crippen LogP contribution in [0.3, 0.4) is 0 Å². The van der Waals surface area contributed by atoms with Crippen LogP contribution in [0.2, 0.25) is 0 Å². The summed E-state index contributed by atoms with van der Waals surface area (Å²) in [6, 6.07) is 0.841. The molecule has 124 valence electrons. The van der Waals surface area contributed by atoms with Gasteiger partial charge >= 0.3 is 12.4 Å².